The van der Waals surface area contributed by atoms with Crippen LogP contribution in [0.1, 0.15) is 62.8 Å². The number of aromatic nitrogens is 3. The SMILES string of the molecule is C[C](C)CN1CCC(c2cc(=O)[nH]c3cc(C4CC4)nn23)CC1. The number of hydrogen-bond donors (Lipinski definition) is 1. The van der Waals surface area contributed by atoms with Crippen LogP contribution in [0.15, 0.2) is 16.9 Å². The second-order valence-electron chi connectivity index (χ2n) is 7.46. The minimum atomic E-state index is -0.00471. The Morgan fingerprint density at radius 3 is 2.57 bits per heavy atom. The Morgan fingerprint density at radius 1 is 1.17 bits per heavy atom. The van der Waals surface area contributed by atoms with Gasteiger partial charge in [-0.1, -0.05) is 13.8 Å². The summed E-state index contributed by atoms with van der Waals surface area (Å²) in [6.07, 6.45) is 4.67. The second kappa shape index (κ2) is 5.78. The van der Waals surface area contributed by atoms with E-state index in [9.17, 15) is 4.79 Å². The number of H-pyrrole nitrogens is 1. The first-order valence-electron chi connectivity index (χ1n) is 8.74. The summed E-state index contributed by atoms with van der Waals surface area (Å²) < 4.78 is 1.99. The topological polar surface area (TPSA) is 53.4 Å². The maximum Gasteiger partial charge on any atom is 0.251 e. The van der Waals surface area contributed by atoms with E-state index in [1.807, 2.05) is 4.52 Å². The highest BCUT2D eigenvalue weighted by molar-refractivity contribution is 5.42. The van der Waals surface area contributed by atoms with Gasteiger partial charge in [0.2, 0.25) is 0 Å². The molecule has 4 rings (SSSR count). The van der Waals surface area contributed by atoms with E-state index in [0.29, 0.717) is 11.8 Å². The number of likely N-dealkylation sites (tertiary alicyclic amines) is 1. The van der Waals surface area contributed by atoms with Crippen LogP contribution < -0.4 is 5.56 Å². The zero-order chi connectivity index (χ0) is 16.0. The van der Waals surface area contributed by atoms with Gasteiger partial charge in [0.1, 0.15) is 5.65 Å². The Bertz CT molecular complexity index is 748. The van der Waals surface area contributed by atoms with Crippen molar-refractivity contribution in [1.29, 1.82) is 0 Å². The standard InChI is InChI=1S/C18H25N4O/c1-12(2)11-21-7-5-14(6-8-21)16-10-18(23)19-17-9-15(13-3-4-13)20-22(16)17/h9-10,13-14H,3-8,11H2,1-2H3,(H,19,23). The van der Waals surface area contributed by atoms with E-state index in [0.717, 1.165) is 49.5 Å². The molecule has 1 saturated carbocycles. The Morgan fingerprint density at radius 2 is 1.91 bits per heavy atom. The summed E-state index contributed by atoms with van der Waals surface area (Å²) in [4.78, 5) is 17.5. The molecule has 0 amide bonds. The fraction of sp³-hybridized carbons (Fsp3) is 0.611. The molecule has 5 heteroatoms. The van der Waals surface area contributed by atoms with Gasteiger partial charge in [0.15, 0.2) is 0 Å². The van der Waals surface area contributed by atoms with E-state index in [2.05, 4.69) is 29.8 Å². The van der Waals surface area contributed by atoms with Crippen molar-refractivity contribution < 1.29 is 0 Å². The first-order chi connectivity index (χ1) is 11.1. The van der Waals surface area contributed by atoms with Gasteiger partial charge in [-0.2, -0.15) is 5.10 Å². The van der Waals surface area contributed by atoms with Gasteiger partial charge in [-0.05, 0) is 44.7 Å². The Balaban J connectivity index is 1.60. The van der Waals surface area contributed by atoms with E-state index in [1.54, 1.807) is 6.07 Å². The molecule has 2 aromatic heterocycles. The predicted octanol–water partition coefficient (Wildman–Crippen LogP) is 2.69. The quantitative estimate of drug-likeness (QED) is 0.944. The van der Waals surface area contributed by atoms with Crippen LogP contribution in [0, 0.1) is 5.92 Å². The molecule has 0 unspecified atom stereocenters. The minimum absolute atomic E-state index is 0.00471. The molecule has 2 aliphatic rings. The lowest BCUT2D eigenvalue weighted by Crippen LogP contribution is -2.35. The van der Waals surface area contributed by atoms with Crippen LogP contribution in [-0.4, -0.2) is 39.1 Å². The number of aromatic amines is 1. The molecule has 2 fully saturated rings. The summed E-state index contributed by atoms with van der Waals surface area (Å²) in [6.45, 7) is 7.66. The molecule has 1 aliphatic carbocycles. The highest BCUT2D eigenvalue weighted by atomic mass is 16.1. The lowest BCUT2D eigenvalue weighted by Gasteiger charge is -2.32. The van der Waals surface area contributed by atoms with Gasteiger partial charge in [-0.25, -0.2) is 4.52 Å². The molecule has 3 heterocycles. The van der Waals surface area contributed by atoms with Crippen LogP contribution >= 0.6 is 0 Å². The van der Waals surface area contributed by atoms with Crippen LogP contribution in [0.3, 0.4) is 0 Å². The van der Waals surface area contributed by atoms with Crippen LogP contribution in [0.25, 0.3) is 5.65 Å². The van der Waals surface area contributed by atoms with Gasteiger partial charge in [-0.3, -0.25) is 4.79 Å². The summed E-state index contributed by atoms with van der Waals surface area (Å²) in [5.41, 5.74) is 3.08. The maximum atomic E-state index is 12.0. The minimum Gasteiger partial charge on any atom is -0.307 e. The molecule has 0 spiro atoms. The Hall–Kier alpha value is -1.62. The van der Waals surface area contributed by atoms with Crippen LogP contribution in [0.5, 0.6) is 0 Å². The first-order valence-corrected chi connectivity index (χ1v) is 8.74. The number of fused-ring (bicyclic) bond motifs is 1. The van der Waals surface area contributed by atoms with Crippen LogP contribution in [-0.2, 0) is 0 Å². The van der Waals surface area contributed by atoms with E-state index in [1.165, 1.54) is 18.8 Å². The van der Waals surface area contributed by atoms with Crippen molar-refractivity contribution >= 4 is 5.65 Å². The number of piperidine rings is 1. The van der Waals surface area contributed by atoms with Crippen LogP contribution in [0.2, 0.25) is 0 Å². The van der Waals surface area contributed by atoms with Gasteiger partial charge in [0.05, 0.1) is 11.4 Å². The molecular weight excluding hydrogens is 288 g/mol. The molecular formula is C18H25N4O. The number of nitrogens with one attached hydrogen (secondary N) is 1. The van der Waals surface area contributed by atoms with E-state index < -0.39 is 0 Å². The summed E-state index contributed by atoms with van der Waals surface area (Å²) in [5, 5.41) is 4.79. The van der Waals surface area contributed by atoms with Gasteiger partial charge in [0.25, 0.3) is 5.56 Å². The molecule has 1 aliphatic heterocycles. The largest absolute Gasteiger partial charge is 0.307 e. The molecule has 0 bridgehead atoms. The lowest BCUT2D eigenvalue weighted by atomic mass is 9.93. The van der Waals surface area contributed by atoms with E-state index in [-0.39, 0.29) is 5.56 Å². The van der Waals surface area contributed by atoms with E-state index >= 15 is 0 Å². The van der Waals surface area contributed by atoms with Crippen molar-refractivity contribution in [1.82, 2.24) is 19.5 Å². The zero-order valence-corrected chi connectivity index (χ0v) is 14.0. The third-order valence-corrected chi connectivity index (χ3v) is 5.04. The third kappa shape index (κ3) is 3.07. The first kappa shape index (κ1) is 14.9. The van der Waals surface area contributed by atoms with E-state index in [4.69, 9.17) is 5.10 Å². The molecule has 1 radical (unpaired) electrons. The normalized spacial score (nSPS) is 20.7. The van der Waals surface area contributed by atoms with Crippen molar-refractivity contribution in [3.63, 3.8) is 0 Å². The summed E-state index contributed by atoms with van der Waals surface area (Å²) in [7, 11) is 0. The van der Waals surface area contributed by atoms with Crippen molar-refractivity contribution in [2.24, 2.45) is 0 Å². The van der Waals surface area contributed by atoms with Crippen molar-refractivity contribution in [2.45, 2.75) is 51.4 Å². The number of rotatable bonds is 4. The monoisotopic (exact) mass is 313 g/mol. The molecule has 123 valence electrons. The fourth-order valence-corrected chi connectivity index (χ4v) is 3.75. The summed E-state index contributed by atoms with van der Waals surface area (Å²) in [5.74, 6) is 2.50. The average molecular weight is 313 g/mol. The molecule has 0 atom stereocenters. The summed E-state index contributed by atoms with van der Waals surface area (Å²) >= 11 is 0. The highest BCUT2D eigenvalue weighted by Gasteiger charge is 2.28. The number of nitrogens with zero attached hydrogens (tertiary/aromatic N) is 3. The highest BCUT2D eigenvalue weighted by Crippen LogP contribution is 2.39. The summed E-state index contributed by atoms with van der Waals surface area (Å²) in [6, 6.07) is 3.82. The molecule has 2 aromatic rings. The third-order valence-electron chi connectivity index (χ3n) is 5.04. The molecule has 23 heavy (non-hydrogen) atoms. The maximum absolute atomic E-state index is 12.0. The Kier molecular flexibility index (Phi) is 3.76. The van der Waals surface area contributed by atoms with Gasteiger partial charge >= 0.3 is 0 Å². The predicted molar refractivity (Wildman–Crippen MR) is 90.8 cm³/mol. The second-order valence-corrected chi connectivity index (χ2v) is 7.46. The van der Waals surface area contributed by atoms with Gasteiger partial charge < -0.3 is 9.88 Å². The molecule has 1 N–H and O–H groups in total. The number of hydrogen-bond acceptors (Lipinski definition) is 3. The van der Waals surface area contributed by atoms with Gasteiger partial charge in [0, 0.05) is 30.5 Å². The molecule has 1 saturated heterocycles. The van der Waals surface area contributed by atoms with Gasteiger partial charge in [-0.15, -0.1) is 0 Å². The lowest BCUT2D eigenvalue weighted by molar-refractivity contribution is 0.217. The average Bonchev–Trinajstić information content (AvgIpc) is 3.27. The zero-order valence-electron chi connectivity index (χ0n) is 14.0. The smallest absolute Gasteiger partial charge is 0.251 e. The van der Waals surface area contributed by atoms with Crippen molar-refractivity contribution in [3.8, 4) is 0 Å². The molecule has 0 aromatic carbocycles. The fourth-order valence-electron chi connectivity index (χ4n) is 3.75. The molecule has 5 nitrogen and oxygen atoms in total. The van der Waals surface area contributed by atoms with Crippen molar-refractivity contribution in [2.75, 3.05) is 19.6 Å². The van der Waals surface area contributed by atoms with Crippen LogP contribution in [0.4, 0.5) is 0 Å². The van der Waals surface area contributed by atoms with Crippen molar-refractivity contribution in [3.05, 3.63) is 39.8 Å². The Labute approximate surface area is 136 Å².